The molecule has 1 unspecified atom stereocenters. The van der Waals surface area contributed by atoms with Crippen LogP contribution in [0.1, 0.15) is 17.5 Å². The molecule has 158 valence electrons. The number of ether oxygens (including phenoxy) is 2. The lowest BCUT2D eigenvalue weighted by molar-refractivity contribution is -0.139. The lowest BCUT2D eigenvalue weighted by atomic mass is 10.1. The molecule has 0 aliphatic heterocycles. The number of methoxy groups -OCH3 is 1. The Bertz CT molecular complexity index is 853. The van der Waals surface area contributed by atoms with E-state index in [1.165, 1.54) is 0 Å². The van der Waals surface area contributed by atoms with Crippen molar-refractivity contribution in [2.45, 2.75) is 25.6 Å². The number of benzene rings is 2. The summed E-state index contributed by atoms with van der Waals surface area (Å²) in [6.45, 7) is 0.561. The first kappa shape index (κ1) is 24.2. The zero-order valence-electron chi connectivity index (χ0n) is 16.0. The van der Waals surface area contributed by atoms with E-state index in [1.54, 1.807) is 37.1 Å². The van der Waals surface area contributed by atoms with Gasteiger partial charge < -0.3 is 19.9 Å². The minimum atomic E-state index is -0.878. The summed E-state index contributed by atoms with van der Waals surface area (Å²) in [5, 5.41) is 13.5. The van der Waals surface area contributed by atoms with Gasteiger partial charge in [0.25, 0.3) is 0 Å². The summed E-state index contributed by atoms with van der Waals surface area (Å²) < 4.78 is 12.3. The smallest absolute Gasteiger partial charge is 0.320 e. The minimum absolute atomic E-state index is 0.255. The van der Waals surface area contributed by atoms with Crippen LogP contribution in [0, 0.1) is 0 Å². The minimum Gasteiger partial charge on any atom is -0.493 e. The highest BCUT2D eigenvalue weighted by molar-refractivity contribution is 9.10. The molecule has 0 saturated carbocycles. The van der Waals surface area contributed by atoms with Crippen LogP contribution in [0.15, 0.2) is 34.8 Å². The summed E-state index contributed by atoms with van der Waals surface area (Å²) in [7, 11) is 1.56. The predicted octanol–water partition coefficient (Wildman–Crippen LogP) is 5.64. The van der Waals surface area contributed by atoms with Crippen molar-refractivity contribution in [1.29, 1.82) is 0 Å². The van der Waals surface area contributed by atoms with Gasteiger partial charge in [0.1, 0.15) is 12.6 Å². The number of hydrogen-bond donors (Lipinski definition) is 2. The molecule has 0 spiro atoms. The average molecular weight is 523 g/mol. The zero-order valence-corrected chi connectivity index (χ0v) is 19.9. The Morgan fingerprint density at radius 1 is 1.28 bits per heavy atom. The van der Waals surface area contributed by atoms with Crippen molar-refractivity contribution < 1.29 is 19.4 Å². The second-order valence-electron chi connectivity index (χ2n) is 6.15. The van der Waals surface area contributed by atoms with Crippen LogP contribution in [0.5, 0.6) is 11.5 Å². The highest BCUT2D eigenvalue weighted by atomic mass is 79.9. The van der Waals surface area contributed by atoms with Crippen molar-refractivity contribution in [1.82, 2.24) is 5.32 Å². The van der Waals surface area contributed by atoms with E-state index >= 15 is 0 Å². The number of hydrogen-bond acceptors (Lipinski definition) is 5. The van der Waals surface area contributed by atoms with Crippen molar-refractivity contribution in [3.8, 4) is 11.5 Å². The molecule has 0 fully saturated rings. The molecule has 2 rings (SSSR count). The van der Waals surface area contributed by atoms with Gasteiger partial charge in [-0.05, 0) is 48.3 Å². The summed E-state index contributed by atoms with van der Waals surface area (Å²) in [6, 6.07) is 8.28. The predicted molar refractivity (Wildman–Crippen MR) is 123 cm³/mol. The molecule has 5 nitrogen and oxygen atoms in total. The van der Waals surface area contributed by atoms with Gasteiger partial charge in [-0.1, -0.05) is 45.2 Å². The SMILES string of the molecule is COc1ccc(Br)c(CNC(CCSC)C(=O)O)c1OCc1ccc(Cl)c(Cl)c1. The standard InChI is InChI=1S/C20H22BrCl2NO4S/c1-27-18-6-4-14(21)13(10-24-17(20(25)26)7-8-29-2)19(18)28-11-12-3-5-15(22)16(23)9-12/h3-6,9,17,24H,7-8,10-11H2,1-2H3,(H,25,26). The van der Waals surface area contributed by atoms with Crippen LogP contribution < -0.4 is 14.8 Å². The van der Waals surface area contributed by atoms with E-state index in [4.69, 9.17) is 32.7 Å². The van der Waals surface area contributed by atoms with Crippen molar-refractivity contribution in [2.75, 3.05) is 19.1 Å². The maximum Gasteiger partial charge on any atom is 0.320 e. The quantitative estimate of drug-likeness (QED) is 0.398. The fourth-order valence-electron chi connectivity index (χ4n) is 2.62. The van der Waals surface area contributed by atoms with Gasteiger partial charge in [-0.15, -0.1) is 0 Å². The Morgan fingerprint density at radius 2 is 2.03 bits per heavy atom. The molecule has 0 bridgehead atoms. The Hall–Kier alpha value is -1.12. The number of carbonyl (C=O) groups is 1. The summed E-state index contributed by atoms with van der Waals surface area (Å²) in [5.74, 6) is 0.969. The molecule has 29 heavy (non-hydrogen) atoms. The molecule has 9 heteroatoms. The third-order valence-electron chi connectivity index (χ3n) is 4.19. The van der Waals surface area contributed by atoms with Gasteiger partial charge in [-0.3, -0.25) is 4.79 Å². The molecule has 0 heterocycles. The Kier molecular flexibility index (Phi) is 9.92. The van der Waals surface area contributed by atoms with Gasteiger partial charge in [0.2, 0.25) is 0 Å². The molecular formula is C20H22BrCl2NO4S. The number of carboxylic acids is 1. The molecule has 0 radical (unpaired) electrons. The van der Waals surface area contributed by atoms with Gasteiger partial charge >= 0.3 is 5.97 Å². The molecule has 2 aromatic carbocycles. The lowest BCUT2D eigenvalue weighted by Gasteiger charge is -2.19. The normalized spacial score (nSPS) is 11.9. The maximum atomic E-state index is 11.5. The molecular weight excluding hydrogens is 501 g/mol. The largest absolute Gasteiger partial charge is 0.493 e. The fraction of sp³-hybridized carbons (Fsp3) is 0.350. The summed E-state index contributed by atoms with van der Waals surface area (Å²) in [4.78, 5) is 11.5. The number of rotatable bonds is 11. The molecule has 1 atom stereocenters. The van der Waals surface area contributed by atoms with E-state index in [1.807, 2.05) is 18.4 Å². The number of aliphatic carboxylic acids is 1. The van der Waals surface area contributed by atoms with Crippen LogP contribution in [0.2, 0.25) is 10.0 Å². The van der Waals surface area contributed by atoms with Gasteiger partial charge in [0.15, 0.2) is 11.5 Å². The van der Waals surface area contributed by atoms with Crippen LogP contribution in [-0.2, 0) is 17.9 Å². The van der Waals surface area contributed by atoms with Crippen molar-refractivity contribution in [3.05, 3.63) is 56.0 Å². The number of halogens is 3. The van der Waals surface area contributed by atoms with E-state index in [-0.39, 0.29) is 6.61 Å². The first-order valence-electron chi connectivity index (χ1n) is 8.74. The first-order chi connectivity index (χ1) is 13.9. The third kappa shape index (κ3) is 6.96. The monoisotopic (exact) mass is 521 g/mol. The van der Waals surface area contributed by atoms with Crippen molar-refractivity contribution >= 4 is 56.9 Å². The van der Waals surface area contributed by atoms with Gasteiger partial charge in [-0.25, -0.2) is 0 Å². The highest BCUT2D eigenvalue weighted by Crippen LogP contribution is 2.37. The highest BCUT2D eigenvalue weighted by Gasteiger charge is 2.20. The van der Waals surface area contributed by atoms with Crippen molar-refractivity contribution in [2.24, 2.45) is 0 Å². The van der Waals surface area contributed by atoms with Crippen molar-refractivity contribution in [3.63, 3.8) is 0 Å². The Labute approximate surface area is 193 Å². The van der Waals surface area contributed by atoms with E-state index < -0.39 is 12.0 Å². The number of thioether (sulfide) groups is 1. The van der Waals surface area contributed by atoms with E-state index in [0.29, 0.717) is 34.5 Å². The second-order valence-corrected chi connectivity index (χ2v) is 8.80. The van der Waals surface area contributed by atoms with Gasteiger partial charge in [0.05, 0.1) is 17.2 Å². The maximum absolute atomic E-state index is 11.5. The van der Waals surface area contributed by atoms with Gasteiger partial charge in [-0.2, -0.15) is 11.8 Å². The third-order valence-corrected chi connectivity index (χ3v) is 6.31. The summed E-state index contributed by atoms with van der Waals surface area (Å²) in [5.41, 5.74) is 1.63. The summed E-state index contributed by atoms with van der Waals surface area (Å²) >= 11 is 17.2. The average Bonchev–Trinajstić information content (AvgIpc) is 2.69. The molecule has 2 N–H and O–H groups in total. The summed E-state index contributed by atoms with van der Waals surface area (Å²) in [6.07, 6.45) is 2.48. The topological polar surface area (TPSA) is 67.8 Å². The fourth-order valence-corrected chi connectivity index (χ4v) is 3.87. The molecule has 0 aliphatic carbocycles. The van der Waals surface area contributed by atoms with Gasteiger partial charge in [0, 0.05) is 16.6 Å². The van der Waals surface area contributed by atoms with E-state index in [0.717, 1.165) is 21.4 Å². The number of nitrogens with one attached hydrogen (secondary N) is 1. The molecule has 0 aliphatic rings. The Morgan fingerprint density at radius 3 is 2.66 bits per heavy atom. The van der Waals surface area contributed by atoms with E-state index in [2.05, 4.69) is 21.2 Å². The molecule has 0 saturated heterocycles. The number of carboxylic acid groups (broad SMARTS) is 1. The lowest BCUT2D eigenvalue weighted by Crippen LogP contribution is -2.36. The van der Waals surface area contributed by atoms with Crippen LogP contribution in [0.4, 0.5) is 0 Å². The second kappa shape index (κ2) is 11.9. The van der Waals surface area contributed by atoms with E-state index in [9.17, 15) is 9.90 Å². The zero-order chi connectivity index (χ0) is 21.4. The van der Waals surface area contributed by atoms with Crippen LogP contribution in [0.3, 0.4) is 0 Å². The Balaban J connectivity index is 2.22. The first-order valence-corrected chi connectivity index (χ1v) is 11.7. The van der Waals surface area contributed by atoms with Crippen LogP contribution in [-0.4, -0.2) is 36.2 Å². The molecule has 0 aromatic heterocycles. The molecule has 2 aromatic rings. The van der Waals surface area contributed by atoms with Crippen LogP contribution >= 0.6 is 50.9 Å². The molecule has 0 amide bonds. The van der Waals surface area contributed by atoms with Crippen LogP contribution in [0.25, 0.3) is 0 Å².